The molecular weight excluding hydrogens is 259 g/mol. The number of hydrogen-bond donors (Lipinski definition) is 0. The predicted octanol–water partition coefficient (Wildman–Crippen LogP) is 2.89. The zero-order valence-electron chi connectivity index (χ0n) is 8.47. The summed E-state index contributed by atoms with van der Waals surface area (Å²) in [5.41, 5.74) is 1.22. The molecule has 0 atom stereocenters. The second kappa shape index (κ2) is 4.20. The summed E-state index contributed by atoms with van der Waals surface area (Å²) in [5.74, 6) is 0.195. The van der Waals surface area contributed by atoms with Crippen molar-refractivity contribution in [1.82, 2.24) is 0 Å². The Hall–Kier alpha value is -0.450. The number of aryl methyl sites for hydroxylation is 1. The zero-order valence-corrected chi connectivity index (χ0v) is 10.8. The monoisotopic (exact) mass is 268 g/mol. The van der Waals surface area contributed by atoms with Gasteiger partial charge in [-0.15, -0.1) is 0 Å². The second-order valence-corrected chi connectivity index (χ2v) is 6.01. The molecule has 0 aliphatic heterocycles. The molecule has 1 aromatic carbocycles. The van der Waals surface area contributed by atoms with Gasteiger partial charge in [0.2, 0.25) is 0 Å². The largest absolute Gasteiger partial charge is 0.495 e. The molecule has 0 amide bonds. The van der Waals surface area contributed by atoms with Crippen LogP contribution >= 0.6 is 22.3 Å². The lowest BCUT2D eigenvalue weighted by Gasteiger charge is -2.12. The van der Waals surface area contributed by atoms with E-state index in [0.29, 0.717) is 16.1 Å². The molecule has 0 saturated heterocycles. The van der Waals surface area contributed by atoms with E-state index in [2.05, 4.69) is 0 Å². The van der Waals surface area contributed by atoms with Gasteiger partial charge in [-0.05, 0) is 25.5 Å². The van der Waals surface area contributed by atoms with Gasteiger partial charge < -0.3 is 4.74 Å². The summed E-state index contributed by atoms with van der Waals surface area (Å²) >= 11 is 5.97. The van der Waals surface area contributed by atoms with Crippen molar-refractivity contribution in [2.75, 3.05) is 7.11 Å². The van der Waals surface area contributed by atoms with Crippen molar-refractivity contribution in [2.45, 2.75) is 18.7 Å². The summed E-state index contributed by atoms with van der Waals surface area (Å²) in [5, 5.41) is 0.482. The minimum absolute atomic E-state index is 0.0499. The zero-order chi connectivity index (χ0) is 11.8. The Bertz CT molecular complexity index is 495. The Kier molecular flexibility index (Phi) is 3.53. The van der Waals surface area contributed by atoms with E-state index in [1.54, 1.807) is 13.8 Å². The van der Waals surface area contributed by atoms with E-state index >= 15 is 0 Å². The maximum absolute atomic E-state index is 11.3. The van der Waals surface area contributed by atoms with Gasteiger partial charge in [-0.25, -0.2) is 8.42 Å². The van der Waals surface area contributed by atoms with Crippen LogP contribution in [-0.4, -0.2) is 15.5 Å². The lowest BCUT2D eigenvalue weighted by atomic mass is 10.1. The second-order valence-electron chi connectivity index (χ2n) is 3.10. The van der Waals surface area contributed by atoms with Crippen molar-refractivity contribution in [1.29, 1.82) is 0 Å². The van der Waals surface area contributed by atoms with Crippen LogP contribution in [0.3, 0.4) is 0 Å². The molecule has 0 unspecified atom stereocenters. The van der Waals surface area contributed by atoms with Crippen molar-refractivity contribution >= 4 is 31.3 Å². The molecular formula is C9H10Cl2O3S. The van der Waals surface area contributed by atoms with Crippen LogP contribution in [0.4, 0.5) is 0 Å². The van der Waals surface area contributed by atoms with Crippen LogP contribution in [0.25, 0.3) is 0 Å². The molecule has 0 aromatic heterocycles. The molecule has 15 heavy (non-hydrogen) atoms. The number of rotatable bonds is 2. The third-order valence-corrected chi connectivity index (χ3v) is 3.96. The normalized spacial score (nSPS) is 11.5. The maximum Gasteiger partial charge on any atom is 0.265 e. The van der Waals surface area contributed by atoms with Crippen LogP contribution in [0.1, 0.15) is 11.1 Å². The molecule has 0 spiro atoms. The first-order valence-corrected chi connectivity index (χ1v) is 6.76. The van der Waals surface area contributed by atoms with Crippen LogP contribution in [-0.2, 0) is 9.05 Å². The van der Waals surface area contributed by atoms with Gasteiger partial charge in [-0.3, -0.25) is 0 Å². The molecule has 0 aliphatic rings. The SMILES string of the molecule is COc1c(S(=O)(=O)Cl)cc(C)c(Cl)c1C. The maximum atomic E-state index is 11.3. The van der Waals surface area contributed by atoms with Crippen LogP contribution in [0, 0.1) is 13.8 Å². The summed E-state index contributed by atoms with van der Waals surface area (Å²) in [6.45, 7) is 3.39. The van der Waals surface area contributed by atoms with Crippen molar-refractivity contribution in [3.63, 3.8) is 0 Å². The van der Waals surface area contributed by atoms with E-state index in [-0.39, 0.29) is 10.6 Å². The molecule has 0 bridgehead atoms. The summed E-state index contributed by atoms with van der Waals surface area (Å²) < 4.78 is 27.5. The van der Waals surface area contributed by atoms with Crippen molar-refractivity contribution in [3.8, 4) is 5.75 Å². The first-order valence-electron chi connectivity index (χ1n) is 4.07. The average Bonchev–Trinajstić information content (AvgIpc) is 2.12. The van der Waals surface area contributed by atoms with Crippen molar-refractivity contribution in [2.24, 2.45) is 0 Å². The standard InChI is InChI=1S/C9H10Cl2O3S/c1-5-4-7(15(11,12)13)9(14-3)6(2)8(5)10/h4H,1-3H3. The van der Waals surface area contributed by atoms with Crippen LogP contribution in [0.2, 0.25) is 5.02 Å². The summed E-state index contributed by atoms with van der Waals surface area (Å²) in [4.78, 5) is -0.0499. The molecule has 0 aliphatic carbocycles. The Morgan fingerprint density at radius 1 is 1.33 bits per heavy atom. The highest BCUT2D eigenvalue weighted by molar-refractivity contribution is 8.13. The quantitative estimate of drug-likeness (QED) is 0.775. The molecule has 0 N–H and O–H groups in total. The van der Waals surface area contributed by atoms with Gasteiger partial charge >= 0.3 is 0 Å². The number of ether oxygens (including phenoxy) is 1. The van der Waals surface area contributed by atoms with Crippen LogP contribution in [0.15, 0.2) is 11.0 Å². The Morgan fingerprint density at radius 2 is 1.87 bits per heavy atom. The first kappa shape index (κ1) is 12.6. The van der Waals surface area contributed by atoms with Gasteiger partial charge in [0.25, 0.3) is 9.05 Å². The smallest absolute Gasteiger partial charge is 0.265 e. The summed E-state index contributed by atoms with van der Waals surface area (Å²) in [6, 6.07) is 1.40. The predicted molar refractivity (Wildman–Crippen MR) is 60.5 cm³/mol. The van der Waals surface area contributed by atoms with Gasteiger partial charge in [0.1, 0.15) is 10.6 Å². The topological polar surface area (TPSA) is 43.4 Å². The highest BCUT2D eigenvalue weighted by Gasteiger charge is 2.21. The molecule has 84 valence electrons. The van der Waals surface area contributed by atoms with E-state index in [0.717, 1.165) is 0 Å². The average molecular weight is 269 g/mol. The van der Waals surface area contributed by atoms with Gasteiger partial charge in [0.05, 0.1) is 12.1 Å². The summed E-state index contributed by atoms with van der Waals surface area (Å²) in [7, 11) is 2.84. The van der Waals surface area contributed by atoms with Crippen molar-refractivity contribution < 1.29 is 13.2 Å². The molecule has 3 nitrogen and oxygen atoms in total. The fourth-order valence-corrected chi connectivity index (χ4v) is 2.60. The third-order valence-electron chi connectivity index (χ3n) is 2.05. The Balaban J connectivity index is 3.68. The molecule has 1 aromatic rings. The van der Waals surface area contributed by atoms with Crippen molar-refractivity contribution in [3.05, 3.63) is 22.2 Å². The van der Waals surface area contributed by atoms with Gasteiger partial charge in [-0.1, -0.05) is 11.6 Å². The highest BCUT2D eigenvalue weighted by Crippen LogP contribution is 2.36. The molecule has 0 radical (unpaired) electrons. The lowest BCUT2D eigenvalue weighted by molar-refractivity contribution is 0.400. The lowest BCUT2D eigenvalue weighted by Crippen LogP contribution is -2.00. The minimum Gasteiger partial charge on any atom is -0.495 e. The number of benzene rings is 1. The van der Waals surface area contributed by atoms with Gasteiger partial charge in [0.15, 0.2) is 0 Å². The van der Waals surface area contributed by atoms with E-state index in [4.69, 9.17) is 27.0 Å². The molecule has 6 heteroatoms. The fourth-order valence-electron chi connectivity index (χ4n) is 1.34. The van der Waals surface area contributed by atoms with E-state index in [1.165, 1.54) is 13.2 Å². The Labute approximate surface area is 98.4 Å². The van der Waals surface area contributed by atoms with Gasteiger partial charge in [-0.2, -0.15) is 0 Å². The summed E-state index contributed by atoms with van der Waals surface area (Å²) in [6.07, 6.45) is 0. The van der Waals surface area contributed by atoms with Crippen LogP contribution < -0.4 is 4.74 Å². The highest BCUT2D eigenvalue weighted by atomic mass is 35.7. The molecule has 0 saturated carbocycles. The number of methoxy groups -OCH3 is 1. The fraction of sp³-hybridized carbons (Fsp3) is 0.333. The minimum atomic E-state index is -3.82. The molecule has 0 fully saturated rings. The van der Waals surface area contributed by atoms with E-state index in [9.17, 15) is 8.42 Å². The number of hydrogen-bond acceptors (Lipinski definition) is 3. The third kappa shape index (κ3) is 2.38. The van der Waals surface area contributed by atoms with Crippen LogP contribution in [0.5, 0.6) is 5.75 Å². The van der Waals surface area contributed by atoms with E-state index < -0.39 is 9.05 Å². The van der Waals surface area contributed by atoms with E-state index in [1.807, 2.05) is 0 Å². The number of halogens is 2. The Morgan fingerprint density at radius 3 is 2.27 bits per heavy atom. The van der Waals surface area contributed by atoms with Gasteiger partial charge in [0, 0.05) is 16.2 Å². The molecule has 0 heterocycles. The first-order chi connectivity index (χ1) is 6.79. The molecule has 1 rings (SSSR count).